The van der Waals surface area contributed by atoms with Crippen molar-refractivity contribution in [1.29, 1.82) is 0 Å². The lowest BCUT2D eigenvalue weighted by atomic mass is 10.2. The first-order valence-electron chi connectivity index (χ1n) is 7.36. The molecule has 2 aliphatic heterocycles. The summed E-state index contributed by atoms with van der Waals surface area (Å²) in [5.74, 6) is -0.0450. The molecule has 7 nitrogen and oxygen atoms in total. The number of urea groups is 1. The van der Waals surface area contributed by atoms with Crippen molar-refractivity contribution >= 4 is 23.3 Å². The SMILES string of the molecule is O=C(Nc1ccc(N2CCOCC2=O)cc1)N1CCOCC1. The van der Waals surface area contributed by atoms with Gasteiger partial charge >= 0.3 is 6.03 Å². The minimum atomic E-state index is -0.126. The molecule has 1 aromatic rings. The van der Waals surface area contributed by atoms with E-state index in [2.05, 4.69) is 5.32 Å². The van der Waals surface area contributed by atoms with Crippen LogP contribution < -0.4 is 10.2 Å². The molecule has 7 heteroatoms. The number of benzene rings is 1. The van der Waals surface area contributed by atoms with Crippen LogP contribution in [-0.2, 0) is 14.3 Å². The Balaban J connectivity index is 1.61. The van der Waals surface area contributed by atoms with E-state index in [9.17, 15) is 9.59 Å². The zero-order chi connectivity index (χ0) is 15.4. The lowest BCUT2D eigenvalue weighted by Gasteiger charge is -2.28. The van der Waals surface area contributed by atoms with E-state index in [4.69, 9.17) is 9.47 Å². The van der Waals surface area contributed by atoms with Gasteiger partial charge in [0, 0.05) is 31.0 Å². The second kappa shape index (κ2) is 6.76. The number of amides is 3. The molecular weight excluding hydrogens is 286 g/mol. The number of morpholine rings is 2. The number of nitrogens with zero attached hydrogens (tertiary/aromatic N) is 2. The molecular formula is C15H19N3O4. The molecule has 0 saturated carbocycles. The minimum absolute atomic E-state index is 0.0450. The molecule has 0 spiro atoms. The fourth-order valence-corrected chi connectivity index (χ4v) is 2.48. The van der Waals surface area contributed by atoms with Crippen LogP contribution in [0.4, 0.5) is 16.2 Å². The van der Waals surface area contributed by atoms with Crippen molar-refractivity contribution in [3.63, 3.8) is 0 Å². The topological polar surface area (TPSA) is 71.1 Å². The van der Waals surface area contributed by atoms with E-state index in [0.717, 1.165) is 5.69 Å². The maximum Gasteiger partial charge on any atom is 0.321 e. The lowest BCUT2D eigenvalue weighted by Crippen LogP contribution is -2.43. The Morgan fingerprint density at radius 3 is 2.36 bits per heavy atom. The summed E-state index contributed by atoms with van der Waals surface area (Å²) in [4.78, 5) is 27.3. The lowest BCUT2D eigenvalue weighted by molar-refractivity contribution is -0.125. The highest BCUT2D eigenvalue weighted by Gasteiger charge is 2.20. The number of nitrogens with one attached hydrogen (secondary N) is 1. The summed E-state index contributed by atoms with van der Waals surface area (Å²) in [5, 5.41) is 2.86. The minimum Gasteiger partial charge on any atom is -0.378 e. The van der Waals surface area contributed by atoms with Crippen LogP contribution in [0.5, 0.6) is 0 Å². The number of ether oxygens (including phenoxy) is 2. The Bertz CT molecular complexity index is 540. The van der Waals surface area contributed by atoms with Gasteiger partial charge in [-0.05, 0) is 24.3 Å². The number of hydrogen-bond acceptors (Lipinski definition) is 4. The average molecular weight is 305 g/mol. The van der Waals surface area contributed by atoms with Gasteiger partial charge < -0.3 is 24.6 Å². The zero-order valence-corrected chi connectivity index (χ0v) is 12.3. The molecule has 118 valence electrons. The summed E-state index contributed by atoms with van der Waals surface area (Å²) in [6, 6.07) is 7.14. The molecule has 0 unspecified atom stereocenters. The van der Waals surface area contributed by atoms with Crippen molar-refractivity contribution in [2.75, 3.05) is 56.3 Å². The van der Waals surface area contributed by atoms with Gasteiger partial charge in [-0.1, -0.05) is 0 Å². The molecule has 1 N–H and O–H groups in total. The van der Waals surface area contributed by atoms with Crippen molar-refractivity contribution in [2.24, 2.45) is 0 Å². The van der Waals surface area contributed by atoms with E-state index in [1.165, 1.54) is 0 Å². The number of carbonyl (C=O) groups is 2. The van der Waals surface area contributed by atoms with E-state index >= 15 is 0 Å². The van der Waals surface area contributed by atoms with Crippen molar-refractivity contribution in [1.82, 2.24) is 4.90 Å². The molecule has 0 radical (unpaired) electrons. The fourth-order valence-electron chi connectivity index (χ4n) is 2.48. The Morgan fingerprint density at radius 1 is 1.00 bits per heavy atom. The summed E-state index contributed by atoms with van der Waals surface area (Å²) >= 11 is 0. The second-order valence-corrected chi connectivity index (χ2v) is 5.17. The molecule has 3 rings (SSSR count). The molecule has 3 amide bonds. The van der Waals surface area contributed by atoms with E-state index in [1.807, 2.05) is 12.1 Å². The van der Waals surface area contributed by atoms with E-state index in [-0.39, 0.29) is 18.5 Å². The summed E-state index contributed by atoms with van der Waals surface area (Å²) in [7, 11) is 0. The normalized spacial score (nSPS) is 19.2. The van der Waals surface area contributed by atoms with Gasteiger partial charge in [0.2, 0.25) is 0 Å². The summed E-state index contributed by atoms with van der Waals surface area (Å²) in [6.07, 6.45) is 0. The monoisotopic (exact) mass is 305 g/mol. The molecule has 0 aromatic heterocycles. The first kappa shape index (κ1) is 14.8. The van der Waals surface area contributed by atoms with Crippen LogP contribution in [-0.4, -0.2) is 62.9 Å². The Labute approximate surface area is 128 Å². The summed E-state index contributed by atoms with van der Waals surface area (Å²) < 4.78 is 10.3. The number of carbonyl (C=O) groups excluding carboxylic acids is 2. The molecule has 22 heavy (non-hydrogen) atoms. The van der Waals surface area contributed by atoms with Gasteiger partial charge in [0.05, 0.1) is 19.8 Å². The quantitative estimate of drug-likeness (QED) is 0.882. The van der Waals surface area contributed by atoms with E-state index < -0.39 is 0 Å². The molecule has 2 aliphatic rings. The standard InChI is InChI=1S/C15H19N3O4/c19-14-11-22-10-7-18(14)13-3-1-12(2-4-13)16-15(20)17-5-8-21-9-6-17/h1-4H,5-11H2,(H,16,20). The third-order valence-electron chi connectivity index (χ3n) is 3.71. The van der Waals surface area contributed by atoms with Crippen LogP contribution in [0.3, 0.4) is 0 Å². The van der Waals surface area contributed by atoms with Gasteiger partial charge in [0.25, 0.3) is 5.91 Å². The first-order chi connectivity index (χ1) is 10.7. The van der Waals surface area contributed by atoms with Crippen LogP contribution in [0.1, 0.15) is 0 Å². The molecule has 2 saturated heterocycles. The highest BCUT2D eigenvalue weighted by molar-refractivity contribution is 5.95. The summed E-state index contributed by atoms with van der Waals surface area (Å²) in [5.41, 5.74) is 1.53. The number of anilines is 2. The molecule has 2 fully saturated rings. The zero-order valence-electron chi connectivity index (χ0n) is 12.3. The van der Waals surface area contributed by atoms with Crippen LogP contribution >= 0.6 is 0 Å². The molecule has 2 heterocycles. The van der Waals surface area contributed by atoms with Crippen molar-refractivity contribution in [3.05, 3.63) is 24.3 Å². The Kier molecular flexibility index (Phi) is 4.55. The highest BCUT2D eigenvalue weighted by atomic mass is 16.5. The summed E-state index contributed by atoms with van der Waals surface area (Å²) in [6.45, 7) is 3.57. The largest absolute Gasteiger partial charge is 0.378 e. The van der Waals surface area contributed by atoms with E-state index in [1.54, 1.807) is 21.9 Å². The predicted octanol–water partition coefficient (Wildman–Crippen LogP) is 0.914. The average Bonchev–Trinajstić information content (AvgIpc) is 2.57. The molecule has 1 aromatic carbocycles. The van der Waals surface area contributed by atoms with Gasteiger partial charge in [0.1, 0.15) is 6.61 Å². The maximum absolute atomic E-state index is 12.1. The van der Waals surface area contributed by atoms with Crippen molar-refractivity contribution < 1.29 is 19.1 Å². The van der Waals surface area contributed by atoms with Crippen molar-refractivity contribution in [2.45, 2.75) is 0 Å². The van der Waals surface area contributed by atoms with Gasteiger partial charge in [0.15, 0.2) is 0 Å². The first-order valence-corrected chi connectivity index (χ1v) is 7.36. The van der Waals surface area contributed by atoms with Gasteiger partial charge in [-0.15, -0.1) is 0 Å². The smallest absolute Gasteiger partial charge is 0.321 e. The van der Waals surface area contributed by atoms with Crippen molar-refractivity contribution in [3.8, 4) is 0 Å². The van der Waals surface area contributed by atoms with Gasteiger partial charge in [-0.2, -0.15) is 0 Å². The molecule has 0 atom stereocenters. The molecule has 0 aliphatic carbocycles. The van der Waals surface area contributed by atoms with Crippen LogP contribution in [0, 0.1) is 0 Å². The Hall–Kier alpha value is -2.12. The van der Waals surface area contributed by atoms with Gasteiger partial charge in [-0.3, -0.25) is 4.79 Å². The number of hydrogen-bond donors (Lipinski definition) is 1. The predicted molar refractivity (Wildman–Crippen MR) is 81.0 cm³/mol. The van der Waals surface area contributed by atoms with Crippen LogP contribution in [0.15, 0.2) is 24.3 Å². The van der Waals surface area contributed by atoms with Crippen LogP contribution in [0.25, 0.3) is 0 Å². The highest BCUT2D eigenvalue weighted by Crippen LogP contribution is 2.20. The number of rotatable bonds is 2. The Morgan fingerprint density at radius 2 is 1.68 bits per heavy atom. The third kappa shape index (κ3) is 3.37. The molecule has 0 bridgehead atoms. The van der Waals surface area contributed by atoms with Crippen LogP contribution in [0.2, 0.25) is 0 Å². The van der Waals surface area contributed by atoms with E-state index in [0.29, 0.717) is 45.1 Å². The second-order valence-electron chi connectivity index (χ2n) is 5.17. The maximum atomic E-state index is 12.1. The third-order valence-corrected chi connectivity index (χ3v) is 3.71. The van der Waals surface area contributed by atoms with Gasteiger partial charge in [-0.25, -0.2) is 4.79 Å². The fraction of sp³-hybridized carbons (Fsp3) is 0.467.